The molecule has 0 unspecified atom stereocenters. The number of amides is 1. The summed E-state index contributed by atoms with van der Waals surface area (Å²) in [5.41, 5.74) is 1.74. The zero-order valence-electron chi connectivity index (χ0n) is 12.0. The molecule has 0 bridgehead atoms. The van der Waals surface area contributed by atoms with Gasteiger partial charge in [0, 0.05) is 31.1 Å². The van der Waals surface area contributed by atoms with E-state index in [1.807, 2.05) is 11.8 Å². The van der Waals surface area contributed by atoms with Crippen LogP contribution in [0.3, 0.4) is 0 Å². The van der Waals surface area contributed by atoms with E-state index in [-0.39, 0.29) is 5.91 Å². The average molecular weight is 305 g/mol. The molecule has 112 valence electrons. The molecule has 5 nitrogen and oxygen atoms in total. The quantitative estimate of drug-likeness (QED) is 0.942. The van der Waals surface area contributed by atoms with Crippen LogP contribution in [0, 0.1) is 6.92 Å². The minimum absolute atomic E-state index is 0.0670. The van der Waals surface area contributed by atoms with Crippen LogP contribution in [0.15, 0.2) is 28.4 Å². The Morgan fingerprint density at radius 3 is 2.95 bits per heavy atom. The van der Waals surface area contributed by atoms with Crippen molar-refractivity contribution in [3.05, 3.63) is 40.2 Å². The van der Waals surface area contributed by atoms with Gasteiger partial charge in [-0.2, -0.15) is 0 Å². The molecular weight excluding hydrogens is 286 g/mol. The summed E-state index contributed by atoms with van der Waals surface area (Å²) in [5.74, 6) is 0.0670. The molecule has 1 saturated heterocycles. The van der Waals surface area contributed by atoms with Crippen molar-refractivity contribution in [3.8, 4) is 0 Å². The summed E-state index contributed by atoms with van der Waals surface area (Å²) in [5, 5.41) is 6.73. The van der Waals surface area contributed by atoms with Crippen molar-refractivity contribution in [2.45, 2.75) is 32.4 Å². The van der Waals surface area contributed by atoms with Gasteiger partial charge in [0.2, 0.25) is 0 Å². The maximum absolute atomic E-state index is 12.2. The van der Waals surface area contributed by atoms with Gasteiger partial charge in [0.25, 0.3) is 5.91 Å². The van der Waals surface area contributed by atoms with E-state index >= 15 is 0 Å². The fourth-order valence-electron chi connectivity index (χ4n) is 2.59. The third-order valence-corrected chi connectivity index (χ3v) is 4.61. The molecule has 1 aliphatic heterocycles. The average Bonchev–Trinajstić information content (AvgIpc) is 3.16. The molecular formula is C15H19N3O2S. The third-order valence-electron chi connectivity index (χ3n) is 3.79. The predicted octanol–water partition coefficient (Wildman–Crippen LogP) is 2.44. The SMILES string of the molecule is Cc1nc(CNC2CCN(C(=O)c3ccoc3)CC2)cs1. The zero-order valence-corrected chi connectivity index (χ0v) is 12.9. The van der Waals surface area contributed by atoms with Crippen molar-refractivity contribution in [2.75, 3.05) is 13.1 Å². The lowest BCUT2D eigenvalue weighted by Crippen LogP contribution is -2.44. The van der Waals surface area contributed by atoms with Gasteiger partial charge in [-0.1, -0.05) is 0 Å². The van der Waals surface area contributed by atoms with E-state index in [9.17, 15) is 4.79 Å². The number of carbonyl (C=O) groups excluding carboxylic acids is 1. The minimum Gasteiger partial charge on any atom is -0.472 e. The summed E-state index contributed by atoms with van der Waals surface area (Å²) in [4.78, 5) is 18.5. The first-order chi connectivity index (χ1) is 10.2. The summed E-state index contributed by atoms with van der Waals surface area (Å²) in [6.07, 6.45) is 5.01. The van der Waals surface area contributed by atoms with Crippen molar-refractivity contribution in [1.82, 2.24) is 15.2 Å². The number of furan rings is 1. The summed E-state index contributed by atoms with van der Waals surface area (Å²) in [6, 6.07) is 2.18. The van der Waals surface area contributed by atoms with Gasteiger partial charge in [0.15, 0.2) is 0 Å². The Hall–Kier alpha value is -1.66. The van der Waals surface area contributed by atoms with E-state index in [0.29, 0.717) is 11.6 Å². The minimum atomic E-state index is 0.0670. The van der Waals surface area contributed by atoms with E-state index in [1.54, 1.807) is 17.4 Å². The topological polar surface area (TPSA) is 58.4 Å². The molecule has 0 aliphatic carbocycles. The molecule has 1 aliphatic rings. The van der Waals surface area contributed by atoms with Gasteiger partial charge in [-0.05, 0) is 25.8 Å². The van der Waals surface area contributed by atoms with Crippen LogP contribution in [0.1, 0.15) is 33.9 Å². The summed E-state index contributed by atoms with van der Waals surface area (Å²) in [6.45, 7) is 4.41. The lowest BCUT2D eigenvalue weighted by atomic mass is 10.0. The number of aryl methyl sites for hydroxylation is 1. The number of aromatic nitrogens is 1. The van der Waals surface area contributed by atoms with Crippen molar-refractivity contribution < 1.29 is 9.21 Å². The van der Waals surface area contributed by atoms with E-state index in [1.165, 1.54) is 12.5 Å². The molecule has 1 amide bonds. The second kappa shape index (κ2) is 6.41. The van der Waals surface area contributed by atoms with Crippen LogP contribution in [0.2, 0.25) is 0 Å². The summed E-state index contributed by atoms with van der Waals surface area (Å²) < 4.78 is 4.97. The first kappa shape index (κ1) is 14.3. The lowest BCUT2D eigenvalue weighted by Gasteiger charge is -2.32. The number of nitrogens with zero attached hydrogens (tertiary/aromatic N) is 2. The van der Waals surface area contributed by atoms with E-state index < -0.39 is 0 Å². The van der Waals surface area contributed by atoms with Crippen LogP contribution in [0.4, 0.5) is 0 Å². The number of nitrogens with one attached hydrogen (secondary N) is 1. The summed E-state index contributed by atoms with van der Waals surface area (Å²) in [7, 11) is 0. The van der Waals surface area contributed by atoms with Gasteiger partial charge in [-0.3, -0.25) is 4.79 Å². The Morgan fingerprint density at radius 2 is 2.33 bits per heavy atom. The second-order valence-electron chi connectivity index (χ2n) is 5.32. The van der Waals surface area contributed by atoms with E-state index in [4.69, 9.17) is 4.42 Å². The van der Waals surface area contributed by atoms with Gasteiger partial charge in [-0.25, -0.2) is 4.98 Å². The standard InChI is InChI=1S/C15H19N3O2S/c1-11-17-14(10-21-11)8-16-13-2-5-18(6-3-13)15(19)12-4-7-20-9-12/h4,7,9-10,13,16H,2-3,5-6,8H2,1H3. The number of piperidine rings is 1. The highest BCUT2D eigenvalue weighted by Crippen LogP contribution is 2.15. The molecule has 0 atom stereocenters. The Balaban J connectivity index is 1.45. The smallest absolute Gasteiger partial charge is 0.257 e. The highest BCUT2D eigenvalue weighted by Gasteiger charge is 2.23. The zero-order chi connectivity index (χ0) is 14.7. The molecule has 3 heterocycles. The van der Waals surface area contributed by atoms with Gasteiger partial charge in [0.05, 0.1) is 22.5 Å². The van der Waals surface area contributed by atoms with E-state index in [0.717, 1.165) is 43.2 Å². The molecule has 2 aromatic rings. The first-order valence-corrected chi connectivity index (χ1v) is 8.06. The molecule has 0 aromatic carbocycles. The second-order valence-corrected chi connectivity index (χ2v) is 6.38. The monoisotopic (exact) mass is 305 g/mol. The number of thiazole rings is 1. The highest BCUT2D eigenvalue weighted by molar-refractivity contribution is 7.09. The number of carbonyl (C=O) groups is 1. The van der Waals surface area contributed by atoms with Gasteiger partial charge in [-0.15, -0.1) is 11.3 Å². The van der Waals surface area contributed by atoms with Crippen molar-refractivity contribution >= 4 is 17.2 Å². The molecule has 2 aromatic heterocycles. The number of hydrogen-bond acceptors (Lipinski definition) is 5. The fraction of sp³-hybridized carbons (Fsp3) is 0.467. The van der Waals surface area contributed by atoms with Crippen LogP contribution < -0.4 is 5.32 Å². The molecule has 21 heavy (non-hydrogen) atoms. The Bertz CT molecular complexity index is 586. The maximum Gasteiger partial charge on any atom is 0.257 e. The Kier molecular flexibility index (Phi) is 4.36. The van der Waals surface area contributed by atoms with Crippen LogP contribution in [-0.4, -0.2) is 34.9 Å². The molecule has 0 radical (unpaired) electrons. The van der Waals surface area contributed by atoms with Crippen molar-refractivity contribution in [3.63, 3.8) is 0 Å². The molecule has 0 spiro atoms. The van der Waals surface area contributed by atoms with Crippen molar-refractivity contribution in [2.24, 2.45) is 0 Å². The van der Waals surface area contributed by atoms with Crippen LogP contribution >= 0.6 is 11.3 Å². The molecule has 0 saturated carbocycles. The van der Waals surface area contributed by atoms with Gasteiger partial charge >= 0.3 is 0 Å². The van der Waals surface area contributed by atoms with E-state index in [2.05, 4.69) is 15.7 Å². The van der Waals surface area contributed by atoms with Crippen LogP contribution in [0.25, 0.3) is 0 Å². The van der Waals surface area contributed by atoms with Crippen LogP contribution in [-0.2, 0) is 6.54 Å². The fourth-order valence-corrected chi connectivity index (χ4v) is 3.21. The number of likely N-dealkylation sites (tertiary alicyclic amines) is 1. The van der Waals surface area contributed by atoms with Gasteiger partial charge in [0.1, 0.15) is 6.26 Å². The first-order valence-electron chi connectivity index (χ1n) is 7.18. The van der Waals surface area contributed by atoms with Gasteiger partial charge < -0.3 is 14.6 Å². The Morgan fingerprint density at radius 1 is 1.52 bits per heavy atom. The predicted molar refractivity (Wildman–Crippen MR) is 81.3 cm³/mol. The molecule has 6 heteroatoms. The summed E-state index contributed by atoms with van der Waals surface area (Å²) >= 11 is 1.68. The Labute approximate surface area is 128 Å². The van der Waals surface area contributed by atoms with Crippen molar-refractivity contribution in [1.29, 1.82) is 0 Å². The number of rotatable bonds is 4. The van der Waals surface area contributed by atoms with Crippen LogP contribution in [0.5, 0.6) is 0 Å². The molecule has 3 rings (SSSR count). The third kappa shape index (κ3) is 3.51. The normalized spacial score (nSPS) is 16.3. The lowest BCUT2D eigenvalue weighted by molar-refractivity contribution is 0.0704. The molecule has 1 fully saturated rings. The largest absolute Gasteiger partial charge is 0.472 e. The maximum atomic E-state index is 12.2. The number of hydrogen-bond donors (Lipinski definition) is 1. The molecule has 1 N–H and O–H groups in total. The highest BCUT2D eigenvalue weighted by atomic mass is 32.1.